The molecule has 0 heterocycles. The number of carbonyl (C=O) groups is 5. The number of ether oxygens (including phenoxy) is 2. The molecule has 2 atom stereocenters. The standard InChI is InChI=1S/C26H30N2O9/c1-17(29)21(27-24(33)35-16-19-13-9-6-10-14-19)22(23(31)32)37-28(25(34)36-26(2,3)4)20(30)15-18-11-7-5-8-12-18/h5-14,21-22H,15-16H2,1-4H3,(H,27,33)(H,31,32). The number of aliphatic carboxylic acids is 1. The highest BCUT2D eigenvalue weighted by atomic mass is 16.7. The van der Waals surface area contributed by atoms with Gasteiger partial charge in [-0.1, -0.05) is 60.7 Å². The number of carboxylic acid groups (broad SMARTS) is 1. The van der Waals surface area contributed by atoms with E-state index >= 15 is 0 Å². The Bertz CT molecular complexity index is 1100. The quantitative estimate of drug-likeness (QED) is 0.456. The molecule has 2 N–H and O–H groups in total. The molecule has 2 rings (SSSR count). The topological polar surface area (TPSA) is 149 Å². The molecule has 2 unspecified atom stereocenters. The number of hydroxylamine groups is 2. The molecule has 0 saturated carbocycles. The summed E-state index contributed by atoms with van der Waals surface area (Å²) in [5.41, 5.74) is 0.122. The fourth-order valence-corrected chi connectivity index (χ4v) is 2.99. The minimum atomic E-state index is -2.16. The number of nitrogens with zero attached hydrogens (tertiary/aromatic N) is 1. The summed E-state index contributed by atoms with van der Waals surface area (Å²) in [6.45, 7) is 5.51. The average molecular weight is 515 g/mol. The number of hydrogen-bond acceptors (Lipinski definition) is 8. The van der Waals surface area contributed by atoms with Crippen LogP contribution in [0.15, 0.2) is 60.7 Å². The third kappa shape index (κ3) is 9.73. The minimum Gasteiger partial charge on any atom is -0.479 e. The van der Waals surface area contributed by atoms with E-state index in [-0.39, 0.29) is 18.1 Å². The highest BCUT2D eigenvalue weighted by molar-refractivity contribution is 5.94. The van der Waals surface area contributed by atoms with Gasteiger partial charge in [-0.25, -0.2) is 19.2 Å². The number of carbonyl (C=O) groups excluding carboxylic acids is 4. The van der Waals surface area contributed by atoms with Crippen molar-refractivity contribution in [3.05, 3.63) is 71.8 Å². The van der Waals surface area contributed by atoms with Gasteiger partial charge in [-0.3, -0.25) is 9.59 Å². The van der Waals surface area contributed by atoms with Crippen LogP contribution < -0.4 is 5.32 Å². The van der Waals surface area contributed by atoms with E-state index in [4.69, 9.17) is 14.3 Å². The lowest BCUT2D eigenvalue weighted by Gasteiger charge is -2.29. The molecular formula is C26H30N2O9. The third-order valence-electron chi connectivity index (χ3n) is 4.67. The molecule has 37 heavy (non-hydrogen) atoms. The van der Waals surface area contributed by atoms with Crippen LogP contribution in [0.2, 0.25) is 0 Å². The number of Topliss-reactive ketones (excluding diaryl/α,β-unsaturated/α-hetero) is 1. The monoisotopic (exact) mass is 514 g/mol. The van der Waals surface area contributed by atoms with E-state index in [0.717, 1.165) is 6.92 Å². The highest BCUT2D eigenvalue weighted by Crippen LogP contribution is 2.15. The Hall–Kier alpha value is -4.25. The van der Waals surface area contributed by atoms with Crippen molar-refractivity contribution in [1.29, 1.82) is 0 Å². The number of rotatable bonds is 10. The van der Waals surface area contributed by atoms with E-state index in [1.807, 2.05) is 0 Å². The Kier molecular flexibility index (Phi) is 10.3. The Labute approximate surface area is 214 Å². The Morgan fingerprint density at radius 1 is 0.919 bits per heavy atom. The van der Waals surface area contributed by atoms with Crippen LogP contribution in [0.3, 0.4) is 0 Å². The first-order valence-electron chi connectivity index (χ1n) is 11.3. The fraction of sp³-hybridized carbons (Fsp3) is 0.346. The van der Waals surface area contributed by atoms with E-state index in [1.165, 1.54) is 0 Å². The first kappa shape index (κ1) is 29.0. The Morgan fingerprint density at radius 2 is 1.46 bits per heavy atom. The second-order valence-electron chi connectivity index (χ2n) is 8.99. The summed E-state index contributed by atoms with van der Waals surface area (Å²) < 4.78 is 10.3. The molecular weight excluding hydrogens is 484 g/mol. The van der Waals surface area contributed by atoms with Crippen LogP contribution in [0.1, 0.15) is 38.8 Å². The average Bonchev–Trinajstić information content (AvgIpc) is 2.82. The molecule has 0 saturated heterocycles. The van der Waals surface area contributed by atoms with Crippen LogP contribution in [-0.4, -0.2) is 57.8 Å². The van der Waals surface area contributed by atoms with Gasteiger partial charge in [0.2, 0.25) is 6.10 Å². The summed E-state index contributed by atoms with van der Waals surface area (Å²) in [5, 5.41) is 12.1. The van der Waals surface area contributed by atoms with Crippen LogP contribution >= 0.6 is 0 Å². The molecule has 198 valence electrons. The molecule has 0 aromatic heterocycles. The van der Waals surface area contributed by atoms with Gasteiger partial charge in [0.1, 0.15) is 18.2 Å². The van der Waals surface area contributed by atoms with Crippen molar-refractivity contribution < 1.29 is 43.4 Å². The van der Waals surface area contributed by atoms with Crippen molar-refractivity contribution >= 4 is 29.8 Å². The van der Waals surface area contributed by atoms with Crippen molar-refractivity contribution in [3.63, 3.8) is 0 Å². The second-order valence-corrected chi connectivity index (χ2v) is 8.99. The first-order chi connectivity index (χ1) is 17.4. The van der Waals surface area contributed by atoms with Crippen molar-refractivity contribution in [2.24, 2.45) is 0 Å². The number of imide groups is 1. The SMILES string of the molecule is CC(=O)C(NC(=O)OCc1ccccc1)C(ON(C(=O)Cc1ccccc1)C(=O)OC(C)(C)C)C(=O)O. The second kappa shape index (κ2) is 13.2. The molecule has 0 aliphatic heterocycles. The maximum Gasteiger partial charge on any atom is 0.442 e. The lowest BCUT2D eigenvalue weighted by atomic mass is 10.1. The zero-order valence-electron chi connectivity index (χ0n) is 21.0. The Morgan fingerprint density at radius 3 is 1.95 bits per heavy atom. The van der Waals surface area contributed by atoms with E-state index in [9.17, 15) is 29.1 Å². The Balaban J connectivity index is 2.25. The molecule has 11 nitrogen and oxygen atoms in total. The lowest BCUT2D eigenvalue weighted by Crippen LogP contribution is -2.56. The summed E-state index contributed by atoms with van der Waals surface area (Å²) in [4.78, 5) is 67.7. The van der Waals surface area contributed by atoms with E-state index < -0.39 is 47.6 Å². The maximum absolute atomic E-state index is 13.0. The molecule has 0 fully saturated rings. The summed E-state index contributed by atoms with van der Waals surface area (Å²) in [6.07, 6.45) is -4.87. The van der Waals surface area contributed by atoms with Gasteiger partial charge in [0.25, 0.3) is 5.91 Å². The molecule has 0 aliphatic rings. The predicted octanol–water partition coefficient (Wildman–Crippen LogP) is 3.26. The van der Waals surface area contributed by atoms with Crippen LogP contribution in [0, 0.1) is 0 Å². The summed E-state index contributed by atoms with van der Waals surface area (Å²) in [5.74, 6) is -3.48. The van der Waals surface area contributed by atoms with Crippen LogP contribution in [0.4, 0.5) is 9.59 Å². The van der Waals surface area contributed by atoms with Crippen LogP contribution in [-0.2, 0) is 41.7 Å². The molecule has 0 radical (unpaired) electrons. The normalized spacial score (nSPS) is 12.5. The lowest BCUT2D eigenvalue weighted by molar-refractivity contribution is -0.207. The van der Waals surface area contributed by atoms with Gasteiger partial charge in [-0.15, -0.1) is 5.06 Å². The van der Waals surface area contributed by atoms with Gasteiger partial charge in [0.15, 0.2) is 5.78 Å². The van der Waals surface area contributed by atoms with Crippen molar-refractivity contribution in [2.45, 2.75) is 58.5 Å². The van der Waals surface area contributed by atoms with E-state index in [1.54, 1.807) is 81.4 Å². The minimum absolute atomic E-state index is 0.143. The zero-order valence-corrected chi connectivity index (χ0v) is 21.0. The predicted molar refractivity (Wildman–Crippen MR) is 130 cm³/mol. The third-order valence-corrected chi connectivity index (χ3v) is 4.67. The van der Waals surface area contributed by atoms with Gasteiger partial charge in [0.05, 0.1) is 6.42 Å². The fourth-order valence-electron chi connectivity index (χ4n) is 2.99. The molecule has 11 heteroatoms. The van der Waals surface area contributed by atoms with Gasteiger partial charge in [-0.2, -0.15) is 0 Å². The summed E-state index contributed by atoms with van der Waals surface area (Å²) >= 11 is 0. The molecule has 2 aromatic carbocycles. The van der Waals surface area contributed by atoms with Gasteiger partial charge >= 0.3 is 18.2 Å². The molecule has 0 aliphatic carbocycles. The zero-order chi connectivity index (χ0) is 27.6. The van der Waals surface area contributed by atoms with E-state index in [0.29, 0.717) is 11.1 Å². The van der Waals surface area contributed by atoms with Crippen LogP contribution in [0.5, 0.6) is 0 Å². The highest BCUT2D eigenvalue weighted by Gasteiger charge is 2.40. The van der Waals surface area contributed by atoms with Gasteiger partial charge < -0.3 is 19.9 Å². The van der Waals surface area contributed by atoms with Crippen molar-refractivity contribution in [1.82, 2.24) is 10.4 Å². The van der Waals surface area contributed by atoms with E-state index in [2.05, 4.69) is 5.32 Å². The molecule has 2 aromatic rings. The largest absolute Gasteiger partial charge is 0.479 e. The number of nitrogens with one attached hydrogen (secondary N) is 1. The van der Waals surface area contributed by atoms with Crippen molar-refractivity contribution in [2.75, 3.05) is 0 Å². The first-order valence-corrected chi connectivity index (χ1v) is 11.3. The number of alkyl carbamates (subject to hydrolysis) is 1. The van der Waals surface area contributed by atoms with Crippen LogP contribution in [0.25, 0.3) is 0 Å². The van der Waals surface area contributed by atoms with Gasteiger partial charge in [-0.05, 0) is 38.8 Å². The summed E-state index contributed by atoms with van der Waals surface area (Å²) in [6, 6.07) is 15.2. The van der Waals surface area contributed by atoms with Gasteiger partial charge in [0, 0.05) is 0 Å². The number of carboxylic acids is 1. The summed E-state index contributed by atoms with van der Waals surface area (Å²) in [7, 11) is 0. The smallest absolute Gasteiger partial charge is 0.442 e. The molecule has 0 spiro atoms. The molecule has 3 amide bonds. The number of benzene rings is 2. The number of ketones is 1. The number of amides is 3. The number of hydrogen-bond donors (Lipinski definition) is 2. The maximum atomic E-state index is 13.0. The molecule has 0 bridgehead atoms. The van der Waals surface area contributed by atoms with Crippen molar-refractivity contribution in [3.8, 4) is 0 Å².